The summed E-state index contributed by atoms with van der Waals surface area (Å²) in [5.41, 5.74) is 5.37. The molecule has 1 aromatic heterocycles. The van der Waals surface area contributed by atoms with Gasteiger partial charge in [-0.2, -0.15) is 5.10 Å². The Morgan fingerprint density at radius 1 is 1.82 bits per heavy atom. The highest BCUT2D eigenvalue weighted by Gasteiger charge is 1.93. The van der Waals surface area contributed by atoms with Crippen LogP contribution in [-0.2, 0) is 6.54 Å². The zero-order chi connectivity index (χ0) is 8.27. The van der Waals surface area contributed by atoms with Crippen molar-refractivity contribution < 1.29 is 0 Å². The normalized spacial score (nSPS) is 9.00. The second kappa shape index (κ2) is 2.88. The highest BCUT2D eigenvalue weighted by atomic mass is 16.1. The largest absolute Gasteiger partial charge is 0.397 e. The maximum Gasteiger partial charge on any atom is 0.269 e. The fourth-order valence-corrected chi connectivity index (χ4v) is 0.653. The van der Waals surface area contributed by atoms with E-state index in [9.17, 15) is 4.79 Å². The smallest absolute Gasteiger partial charge is 0.269 e. The molecule has 0 amide bonds. The van der Waals surface area contributed by atoms with Crippen LogP contribution in [0, 0.1) is 12.3 Å². The summed E-state index contributed by atoms with van der Waals surface area (Å²) in [5, 5.41) is 3.70. The number of nitrogen functional groups attached to an aromatic ring is 1. The van der Waals surface area contributed by atoms with E-state index in [1.165, 1.54) is 12.3 Å². The fourth-order valence-electron chi connectivity index (χ4n) is 0.653. The van der Waals surface area contributed by atoms with E-state index in [2.05, 4.69) is 11.0 Å². The van der Waals surface area contributed by atoms with Crippen LogP contribution in [0.3, 0.4) is 0 Å². The number of terminal acetylenes is 1. The number of rotatable bonds is 1. The maximum atomic E-state index is 11.0. The lowest BCUT2D eigenvalue weighted by Gasteiger charge is -1.97. The molecule has 0 aromatic carbocycles. The second-order valence-electron chi connectivity index (χ2n) is 1.99. The zero-order valence-corrected chi connectivity index (χ0v) is 5.82. The summed E-state index contributed by atoms with van der Waals surface area (Å²) < 4.78 is 1.16. The summed E-state index contributed by atoms with van der Waals surface area (Å²) in [6.45, 7) is 0.180. The Hall–Kier alpha value is -1.76. The average molecular weight is 149 g/mol. The van der Waals surface area contributed by atoms with Gasteiger partial charge in [-0.1, -0.05) is 5.92 Å². The molecular formula is C7H7N3O. The number of anilines is 1. The molecule has 0 spiro atoms. The Bertz CT molecular complexity index is 347. The summed E-state index contributed by atoms with van der Waals surface area (Å²) >= 11 is 0. The van der Waals surface area contributed by atoms with Crippen molar-refractivity contribution in [3.05, 3.63) is 22.6 Å². The first kappa shape index (κ1) is 7.35. The number of nitrogens with zero attached hydrogens (tertiary/aromatic N) is 2. The van der Waals surface area contributed by atoms with Gasteiger partial charge in [0.25, 0.3) is 5.56 Å². The van der Waals surface area contributed by atoms with Gasteiger partial charge in [-0.05, 0) is 0 Å². The molecule has 0 aliphatic heterocycles. The van der Waals surface area contributed by atoms with Crippen LogP contribution < -0.4 is 11.3 Å². The molecule has 0 aliphatic rings. The number of aromatic nitrogens is 2. The molecule has 11 heavy (non-hydrogen) atoms. The summed E-state index contributed by atoms with van der Waals surface area (Å²) in [7, 11) is 0. The summed E-state index contributed by atoms with van der Waals surface area (Å²) in [4.78, 5) is 11.0. The number of nitrogens with two attached hydrogens (primary N) is 1. The number of hydrogen-bond acceptors (Lipinski definition) is 3. The van der Waals surface area contributed by atoms with Gasteiger partial charge in [0.1, 0.15) is 6.54 Å². The first-order valence-corrected chi connectivity index (χ1v) is 3.00. The van der Waals surface area contributed by atoms with Crippen molar-refractivity contribution in [2.24, 2.45) is 0 Å². The molecule has 0 saturated carbocycles. The third-order valence-electron chi connectivity index (χ3n) is 1.13. The zero-order valence-electron chi connectivity index (χ0n) is 5.82. The summed E-state index contributed by atoms with van der Waals surface area (Å²) in [6, 6.07) is 1.28. The van der Waals surface area contributed by atoms with Crippen molar-refractivity contribution in [2.45, 2.75) is 6.54 Å². The molecule has 0 fully saturated rings. The van der Waals surface area contributed by atoms with E-state index in [0.717, 1.165) is 4.68 Å². The van der Waals surface area contributed by atoms with Crippen LogP contribution >= 0.6 is 0 Å². The predicted octanol–water partition coefficient (Wildman–Crippen LogP) is -0.541. The van der Waals surface area contributed by atoms with Crippen molar-refractivity contribution in [3.63, 3.8) is 0 Å². The van der Waals surface area contributed by atoms with Crippen LogP contribution in [0.4, 0.5) is 5.69 Å². The lowest BCUT2D eigenvalue weighted by molar-refractivity contribution is 0.664. The summed E-state index contributed by atoms with van der Waals surface area (Å²) in [5.74, 6) is 2.30. The minimum Gasteiger partial charge on any atom is -0.397 e. The Labute approximate surface area is 63.6 Å². The molecule has 0 bridgehead atoms. The molecule has 56 valence electrons. The van der Waals surface area contributed by atoms with Crippen LogP contribution in [0.2, 0.25) is 0 Å². The second-order valence-corrected chi connectivity index (χ2v) is 1.99. The van der Waals surface area contributed by atoms with Crippen LogP contribution in [0.5, 0.6) is 0 Å². The standard InChI is InChI=1S/C7H7N3O/c1-2-3-10-7(11)4-6(8)5-9-10/h1,4-5H,3,8H2. The Morgan fingerprint density at radius 2 is 2.55 bits per heavy atom. The topological polar surface area (TPSA) is 60.9 Å². The van der Waals surface area contributed by atoms with E-state index in [-0.39, 0.29) is 12.1 Å². The van der Waals surface area contributed by atoms with Gasteiger partial charge in [0.15, 0.2) is 0 Å². The molecule has 0 atom stereocenters. The third kappa shape index (κ3) is 1.58. The summed E-state index contributed by atoms with van der Waals surface area (Å²) in [6.07, 6.45) is 6.37. The average Bonchev–Trinajstić information content (AvgIpc) is 1.95. The van der Waals surface area contributed by atoms with E-state index in [1.54, 1.807) is 0 Å². The Kier molecular flexibility index (Phi) is 1.93. The predicted molar refractivity (Wildman–Crippen MR) is 41.7 cm³/mol. The van der Waals surface area contributed by atoms with Gasteiger partial charge in [0.2, 0.25) is 0 Å². The molecule has 0 unspecified atom stereocenters. The van der Waals surface area contributed by atoms with Crippen molar-refractivity contribution in [2.75, 3.05) is 5.73 Å². The molecule has 2 N–H and O–H groups in total. The van der Waals surface area contributed by atoms with E-state index >= 15 is 0 Å². The number of hydrogen-bond donors (Lipinski definition) is 1. The minimum absolute atomic E-state index is 0.180. The van der Waals surface area contributed by atoms with Gasteiger partial charge >= 0.3 is 0 Å². The first-order valence-electron chi connectivity index (χ1n) is 3.00. The monoisotopic (exact) mass is 149 g/mol. The van der Waals surface area contributed by atoms with E-state index in [0.29, 0.717) is 5.69 Å². The van der Waals surface area contributed by atoms with Crippen molar-refractivity contribution in [1.82, 2.24) is 9.78 Å². The Morgan fingerprint density at radius 3 is 3.09 bits per heavy atom. The van der Waals surface area contributed by atoms with E-state index in [4.69, 9.17) is 12.2 Å². The molecular weight excluding hydrogens is 142 g/mol. The van der Waals surface area contributed by atoms with Crippen LogP contribution in [0.15, 0.2) is 17.1 Å². The van der Waals surface area contributed by atoms with Crippen LogP contribution in [0.1, 0.15) is 0 Å². The fraction of sp³-hybridized carbons (Fsp3) is 0.143. The minimum atomic E-state index is -0.275. The van der Waals surface area contributed by atoms with Crippen molar-refractivity contribution in [1.29, 1.82) is 0 Å². The Balaban J connectivity index is 3.12. The molecule has 0 radical (unpaired) electrons. The van der Waals surface area contributed by atoms with Gasteiger partial charge in [-0.3, -0.25) is 4.79 Å². The van der Waals surface area contributed by atoms with Crippen molar-refractivity contribution >= 4 is 5.69 Å². The molecule has 0 saturated heterocycles. The first-order chi connectivity index (χ1) is 5.24. The SMILES string of the molecule is C#CCn1ncc(N)cc1=O. The van der Waals surface area contributed by atoms with Gasteiger partial charge in [-0.15, -0.1) is 6.42 Å². The molecule has 4 nitrogen and oxygen atoms in total. The molecule has 4 heteroatoms. The van der Waals surface area contributed by atoms with Gasteiger partial charge in [0.05, 0.1) is 11.9 Å². The van der Waals surface area contributed by atoms with Crippen LogP contribution in [0.25, 0.3) is 0 Å². The van der Waals surface area contributed by atoms with Crippen LogP contribution in [-0.4, -0.2) is 9.78 Å². The van der Waals surface area contributed by atoms with E-state index in [1.807, 2.05) is 0 Å². The lowest BCUT2D eigenvalue weighted by Crippen LogP contribution is -2.21. The third-order valence-corrected chi connectivity index (χ3v) is 1.13. The van der Waals surface area contributed by atoms with E-state index < -0.39 is 0 Å². The molecule has 1 rings (SSSR count). The maximum absolute atomic E-state index is 11.0. The molecule has 1 aromatic rings. The van der Waals surface area contributed by atoms with Gasteiger partial charge in [-0.25, -0.2) is 4.68 Å². The van der Waals surface area contributed by atoms with Crippen molar-refractivity contribution in [3.8, 4) is 12.3 Å². The van der Waals surface area contributed by atoms with Gasteiger partial charge in [0, 0.05) is 6.07 Å². The quantitative estimate of drug-likeness (QED) is 0.545. The van der Waals surface area contributed by atoms with Gasteiger partial charge < -0.3 is 5.73 Å². The highest BCUT2D eigenvalue weighted by molar-refractivity contribution is 5.31. The molecule has 1 heterocycles. The highest BCUT2D eigenvalue weighted by Crippen LogP contribution is 1.89. The lowest BCUT2D eigenvalue weighted by atomic mass is 10.5. The molecule has 0 aliphatic carbocycles.